The average Bonchev–Trinajstić information content (AvgIpc) is 2.66. The standard InChI is InChI=1S/C21H20F2N2O2/c1-3-16-13(2)19(15-9-5-6-10-17(15)25-16)20(26)24-12-14-8-4-7-11-18(14)27-21(22)23/h4-11,21H,3,12H2,1-2H3,(H,24,26). The van der Waals surface area contributed by atoms with E-state index in [4.69, 9.17) is 0 Å². The highest BCUT2D eigenvalue weighted by atomic mass is 19.3. The molecule has 1 heterocycles. The Balaban J connectivity index is 1.91. The fraction of sp³-hybridized carbons (Fsp3) is 0.238. The van der Waals surface area contributed by atoms with E-state index in [-0.39, 0.29) is 18.2 Å². The molecule has 6 heteroatoms. The summed E-state index contributed by atoms with van der Waals surface area (Å²) in [5.74, 6) is -0.217. The summed E-state index contributed by atoms with van der Waals surface area (Å²) in [6.07, 6.45) is 0.710. The van der Waals surface area contributed by atoms with E-state index in [0.29, 0.717) is 17.5 Å². The Kier molecular flexibility index (Phi) is 5.64. The van der Waals surface area contributed by atoms with Crippen molar-refractivity contribution < 1.29 is 18.3 Å². The fourth-order valence-corrected chi connectivity index (χ4v) is 3.12. The van der Waals surface area contributed by atoms with Crippen LogP contribution >= 0.6 is 0 Å². The number of benzene rings is 2. The minimum atomic E-state index is -2.92. The number of nitrogens with one attached hydrogen (secondary N) is 1. The highest BCUT2D eigenvalue weighted by Gasteiger charge is 2.18. The first-order chi connectivity index (χ1) is 13.0. The van der Waals surface area contributed by atoms with Gasteiger partial charge < -0.3 is 10.1 Å². The van der Waals surface area contributed by atoms with E-state index >= 15 is 0 Å². The Morgan fingerprint density at radius 3 is 2.59 bits per heavy atom. The topological polar surface area (TPSA) is 51.2 Å². The molecule has 0 saturated heterocycles. The Morgan fingerprint density at radius 2 is 1.85 bits per heavy atom. The Morgan fingerprint density at radius 1 is 1.15 bits per heavy atom. The second kappa shape index (κ2) is 8.12. The SMILES string of the molecule is CCc1nc2ccccc2c(C(=O)NCc2ccccc2OC(F)F)c1C. The third kappa shape index (κ3) is 4.05. The van der Waals surface area contributed by atoms with Crippen molar-refractivity contribution >= 4 is 16.8 Å². The van der Waals surface area contributed by atoms with Crippen molar-refractivity contribution in [3.63, 3.8) is 0 Å². The molecule has 3 aromatic rings. The number of aryl methyl sites for hydroxylation is 1. The molecular weight excluding hydrogens is 350 g/mol. The molecule has 0 spiro atoms. The highest BCUT2D eigenvalue weighted by molar-refractivity contribution is 6.07. The lowest BCUT2D eigenvalue weighted by atomic mass is 9.99. The number of amides is 1. The monoisotopic (exact) mass is 370 g/mol. The van der Waals surface area contributed by atoms with E-state index in [0.717, 1.165) is 22.2 Å². The highest BCUT2D eigenvalue weighted by Crippen LogP contribution is 2.24. The van der Waals surface area contributed by atoms with Crippen LogP contribution in [-0.2, 0) is 13.0 Å². The molecule has 1 N–H and O–H groups in total. The van der Waals surface area contributed by atoms with Gasteiger partial charge >= 0.3 is 6.61 Å². The van der Waals surface area contributed by atoms with Crippen LogP contribution in [0.15, 0.2) is 48.5 Å². The lowest BCUT2D eigenvalue weighted by Gasteiger charge is -2.15. The normalized spacial score (nSPS) is 11.0. The molecule has 27 heavy (non-hydrogen) atoms. The molecule has 140 valence electrons. The van der Waals surface area contributed by atoms with Gasteiger partial charge in [0, 0.05) is 23.2 Å². The maximum Gasteiger partial charge on any atom is 0.387 e. The first-order valence-corrected chi connectivity index (χ1v) is 8.70. The maximum atomic E-state index is 12.9. The lowest BCUT2D eigenvalue weighted by molar-refractivity contribution is -0.0504. The molecule has 0 atom stereocenters. The first kappa shape index (κ1) is 18.8. The quantitative estimate of drug-likeness (QED) is 0.688. The van der Waals surface area contributed by atoms with E-state index in [2.05, 4.69) is 15.0 Å². The first-order valence-electron chi connectivity index (χ1n) is 8.70. The molecule has 0 aliphatic carbocycles. The van der Waals surface area contributed by atoms with Gasteiger partial charge in [-0.05, 0) is 31.0 Å². The number of carbonyl (C=O) groups excluding carboxylic acids is 1. The van der Waals surface area contributed by atoms with Crippen molar-refractivity contribution in [1.29, 1.82) is 0 Å². The summed E-state index contributed by atoms with van der Waals surface area (Å²) in [7, 11) is 0. The average molecular weight is 370 g/mol. The number of aromatic nitrogens is 1. The minimum absolute atomic E-state index is 0.0540. The second-order valence-electron chi connectivity index (χ2n) is 6.10. The number of ether oxygens (including phenoxy) is 1. The summed E-state index contributed by atoms with van der Waals surface area (Å²) >= 11 is 0. The number of fused-ring (bicyclic) bond motifs is 1. The molecule has 0 bridgehead atoms. The zero-order valence-electron chi connectivity index (χ0n) is 15.1. The van der Waals surface area contributed by atoms with Crippen LogP contribution in [-0.4, -0.2) is 17.5 Å². The van der Waals surface area contributed by atoms with Gasteiger partial charge in [-0.25, -0.2) is 0 Å². The molecule has 0 unspecified atom stereocenters. The van der Waals surface area contributed by atoms with E-state index in [9.17, 15) is 13.6 Å². The van der Waals surface area contributed by atoms with Crippen LogP contribution in [0.25, 0.3) is 10.9 Å². The Bertz CT molecular complexity index is 974. The smallest absolute Gasteiger partial charge is 0.387 e. The number of carbonyl (C=O) groups is 1. The molecule has 0 radical (unpaired) electrons. The van der Waals surface area contributed by atoms with Crippen molar-refractivity contribution in [3.8, 4) is 5.75 Å². The third-order valence-corrected chi connectivity index (χ3v) is 4.43. The van der Waals surface area contributed by atoms with Crippen LogP contribution in [0.3, 0.4) is 0 Å². The molecule has 4 nitrogen and oxygen atoms in total. The number of halogens is 2. The molecule has 1 amide bonds. The van der Waals surface area contributed by atoms with Gasteiger partial charge in [0.2, 0.25) is 0 Å². The largest absolute Gasteiger partial charge is 0.434 e. The van der Waals surface area contributed by atoms with Crippen LogP contribution in [0, 0.1) is 6.92 Å². The molecule has 0 aliphatic rings. The molecular formula is C21H20F2N2O2. The van der Waals surface area contributed by atoms with Gasteiger partial charge in [0.15, 0.2) is 0 Å². The summed E-state index contributed by atoms with van der Waals surface area (Å²) in [5.41, 5.74) is 3.49. The number of hydrogen-bond acceptors (Lipinski definition) is 3. The van der Waals surface area contributed by atoms with Crippen LogP contribution < -0.4 is 10.1 Å². The van der Waals surface area contributed by atoms with E-state index < -0.39 is 6.61 Å². The fourth-order valence-electron chi connectivity index (χ4n) is 3.12. The van der Waals surface area contributed by atoms with E-state index in [1.807, 2.05) is 38.1 Å². The zero-order valence-corrected chi connectivity index (χ0v) is 15.1. The summed E-state index contributed by atoms with van der Waals surface area (Å²) in [6, 6.07) is 13.9. The van der Waals surface area contributed by atoms with Gasteiger partial charge in [-0.2, -0.15) is 8.78 Å². The number of pyridine rings is 1. The van der Waals surface area contributed by atoms with Gasteiger partial charge in [-0.15, -0.1) is 0 Å². The number of para-hydroxylation sites is 2. The predicted octanol–water partition coefficient (Wildman–Crippen LogP) is 4.64. The second-order valence-corrected chi connectivity index (χ2v) is 6.10. The van der Waals surface area contributed by atoms with Gasteiger partial charge in [0.25, 0.3) is 5.91 Å². The molecule has 2 aromatic carbocycles. The van der Waals surface area contributed by atoms with E-state index in [1.165, 1.54) is 6.07 Å². The number of rotatable bonds is 6. The van der Waals surface area contributed by atoms with Crippen LogP contribution in [0.1, 0.15) is 34.1 Å². The van der Waals surface area contributed by atoms with Gasteiger partial charge in [0.05, 0.1) is 11.1 Å². The molecule has 0 aliphatic heterocycles. The number of hydrogen-bond donors (Lipinski definition) is 1. The predicted molar refractivity (Wildman–Crippen MR) is 100 cm³/mol. The summed E-state index contributed by atoms with van der Waals surface area (Å²) in [5, 5.41) is 3.59. The summed E-state index contributed by atoms with van der Waals surface area (Å²) in [4.78, 5) is 17.5. The molecule has 0 fully saturated rings. The van der Waals surface area contributed by atoms with Crippen molar-refractivity contribution in [2.24, 2.45) is 0 Å². The summed E-state index contributed by atoms with van der Waals surface area (Å²) in [6.45, 7) is 1.03. The Labute approximate surface area is 156 Å². The maximum absolute atomic E-state index is 12.9. The minimum Gasteiger partial charge on any atom is -0.434 e. The van der Waals surface area contributed by atoms with Crippen LogP contribution in [0.4, 0.5) is 8.78 Å². The van der Waals surface area contributed by atoms with Crippen molar-refractivity contribution in [3.05, 3.63) is 70.9 Å². The van der Waals surface area contributed by atoms with Gasteiger partial charge in [-0.1, -0.05) is 43.3 Å². The summed E-state index contributed by atoms with van der Waals surface area (Å²) < 4.78 is 29.6. The molecule has 3 rings (SSSR count). The zero-order chi connectivity index (χ0) is 19.4. The van der Waals surface area contributed by atoms with Gasteiger partial charge in [0.1, 0.15) is 5.75 Å². The third-order valence-electron chi connectivity index (χ3n) is 4.43. The molecule has 1 aromatic heterocycles. The lowest BCUT2D eigenvalue weighted by Crippen LogP contribution is -2.25. The van der Waals surface area contributed by atoms with Crippen molar-refractivity contribution in [2.75, 3.05) is 0 Å². The number of nitrogens with zero attached hydrogens (tertiary/aromatic N) is 1. The molecule has 0 saturated carbocycles. The van der Waals surface area contributed by atoms with Crippen LogP contribution in [0.5, 0.6) is 5.75 Å². The number of alkyl halides is 2. The Hall–Kier alpha value is -3.02. The van der Waals surface area contributed by atoms with Crippen LogP contribution in [0.2, 0.25) is 0 Å². The van der Waals surface area contributed by atoms with E-state index in [1.54, 1.807) is 18.2 Å². The van der Waals surface area contributed by atoms with Crippen molar-refractivity contribution in [2.45, 2.75) is 33.4 Å². The van der Waals surface area contributed by atoms with Gasteiger partial charge in [-0.3, -0.25) is 9.78 Å². The van der Waals surface area contributed by atoms with Crippen molar-refractivity contribution in [1.82, 2.24) is 10.3 Å².